The van der Waals surface area contributed by atoms with Crippen molar-refractivity contribution in [2.24, 2.45) is 4.99 Å². The molecule has 0 bridgehead atoms. The maximum atomic E-state index is 13.4. The highest BCUT2D eigenvalue weighted by Gasteiger charge is 2.36. The molecule has 1 heterocycles. The lowest BCUT2D eigenvalue weighted by Crippen LogP contribution is -2.52. The second-order valence-corrected chi connectivity index (χ2v) is 7.85. The van der Waals surface area contributed by atoms with Crippen molar-refractivity contribution in [2.45, 2.75) is 45.9 Å². The number of aliphatic imine (C=N–C) groups is 1. The second-order valence-electron chi connectivity index (χ2n) is 7.41. The van der Waals surface area contributed by atoms with E-state index in [1.165, 1.54) is 0 Å². The van der Waals surface area contributed by atoms with Crippen LogP contribution in [0.15, 0.2) is 53.5 Å². The molecule has 0 unspecified atom stereocenters. The van der Waals surface area contributed by atoms with E-state index in [1.807, 2.05) is 55.6 Å². The number of amides is 1. The monoisotopic (exact) mass is 383 g/mol. The quantitative estimate of drug-likeness (QED) is 0.773. The number of likely N-dealkylation sites (N-methyl/N-ethyl adjacent to an activating group) is 1. The van der Waals surface area contributed by atoms with Crippen LogP contribution < -0.4 is 4.90 Å². The molecule has 4 nitrogen and oxygen atoms in total. The van der Waals surface area contributed by atoms with Crippen molar-refractivity contribution < 1.29 is 4.79 Å². The molecule has 2 aromatic rings. The third-order valence-electron chi connectivity index (χ3n) is 4.90. The van der Waals surface area contributed by atoms with Crippen LogP contribution in [0, 0.1) is 0 Å². The highest BCUT2D eigenvalue weighted by Crippen LogP contribution is 2.31. The van der Waals surface area contributed by atoms with Crippen LogP contribution in [0.2, 0.25) is 5.02 Å². The molecule has 1 aliphatic heterocycles. The van der Waals surface area contributed by atoms with E-state index >= 15 is 0 Å². The Hall–Kier alpha value is -2.17. The molecule has 0 radical (unpaired) electrons. The summed E-state index contributed by atoms with van der Waals surface area (Å²) in [4.78, 5) is 22.2. The number of carbonyl (C=O) groups is 1. The first-order valence-corrected chi connectivity index (χ1v) is 9.67. The third kappa shape index (κ3) is 3.78. The molecule has 0 fully saturated rings. The topological polar surface area (TPSA) is 35.9 Å². The predicted octanol–water partition coefficient (Wildman–Crippen LogP) is 4.60. The van der Waals surface area contributed by atoms with Crippen LogP contribution in [-0.2, 0) is 4.79 Å². The van der Waals surface area contributed by atoms with Crippen molar-refractivity contribution in [1.29, 1.82) is 0 Å². The highest BCUT2D eigenvalue weighted by atomic mass is 35.5. The van der Waals surface area contributed by atoms with Gasteiger partial charge in [0.15, 0.2) is 6.17 Å². The maximum Gasteiger partial charge on any atom is 0.266 e. The van der Waals surface area contributed by atoms with E-state index in [0.717, 1.165) is 22.5 Å². The molecule has 27 heavy (non-hydrogen) atoms. The van der Waals surface area contributed by atoms with Crippen LogP contribution in [0.5, 0.6) is 0 Å². The predicted molar refractivity (Wildman–Crippen MR) is 113 cm³/mol. The summed E-state index contributed by atoms with van der Waals surface area (Å²) in [7, 11) is 1.81. The van der Waals surface area contributed by atoms with Gasteiger partial charge in [0.2, 0.25) is 0 Å². The van der Waals surface area contributed by atoms with Gasteiger partial charge in [-0.25, -0.2) is 0 Å². The van der Waals surface area contributed by atoms with Crippen LogP contribution in [0.4, 0.5) is 5.69 Å². The van der Waals surface area contributed by atoms with Gasteiger partial charge in [-0.1, -0.05) is 41.9 Å². The van der Waals surface area contributed by atoms with E-state index in [2.05, 4.69) is 32.6 Å². The van der Waals surface area contributed by atoms with Crippen LogP contribution in [0.3, 0.4) is 0 Å². The third-order valence-corrected chi connectivity index (χ3v) is 5.14. The maximum absolute atomic E-state index is 13.4. The summed E-state index contributed by atoms with van der Waals surface area (Å²) >= 11 is 6.30. The summed E-state index contributed by atoms with van der Waals surface area (Å²) in [5.74, 6) is -0.0353. The molecule has 1 aliphatic rings. The number of halogens is 1. The van der Waals surface area contributed by atoms with E-state index < -0.39 is 6.17 Å². The Balaban J connectivity index is 2.27. The van der Waals surface area contributed by atoms with Crippen LogP contribution in [0.25, 0.3) is 0 Å². The average molecular weight is 384 g/mol. The van der Waals surface area contributed by atoms with Gasteiger partial charge >= 0.3 is 0 Å². The number of benzene rings is 2. The lowest BCUT2D eigenvalue weighted by molar-refractivity contribution is -0.124. The number of rotatable bonds is 4. The SMILES string of the molecule is CC(C)N(C(C)C)[C@@H]1N=C(c2ccccc2)c2cc(Cl)ccc2N(C)C1=O. The van der Waals surface area contributed by atoms with Crippen LogP contribution >= 0.6 is 11.6 Å². The van der Waals surface area contributed by atoms with E-state index in [-0.39, 0.29) is 18.0 Å². The second kappa shape index (κ2) is 7.83. The lowest BCUT2D eigenvalue weighted by atomic mass is 10.0. The van der Waals surface area contributed by atoms with Gasteiger partial charge in [-0.2, -0.15) is 0 Å². The summed E-state index contributed by atoms with van der Waals surface area (Å²) in [6.45, 7) is 8.39. The highest BCUT2D eigenvalue weighted by molar-refractivity contribution is 6.32. The van der Waals surface area contributed by atoms with Gasteiger partial charge in [0.05, 0.1) is 11.4 Å². The van der Waals surface area contributed by atoms with Crippen LogP contribution in [0.1, 0.15) is 38.8 Å². The van der Waals surface area contributed by atoms with Crippen molar-refractivity contribution in [3.63, 3.8) is 0 Å². The van der Waals surface area contributed by atoms with Gasteiger partial charge in [0.25, 0.3) is 5.91 Å². The first-order valence-electron chi connectivity index (χ1n) is 9.29. The molecule has 0 aromatic heterocycles. The summed E-state index contributed by atoms with van der Waals surface area (Å²) in [5.41, 5.74) is 3.46. The van der Waals surface area contributed by atoms with E-state index in [4.69, 9.17) is 16.6 Å². The van der Waals surface area contributed by atoms with Crippen molar-refractivity contribution in [3.05, 3.63) is 64.7 Å². The summed E-state index contributed by atoms with van der Waals surface area (Å²) < 4.78 is 0. The van der Waals surface area contributed by atoms with Crippen molar-refractivity contribution in [1.82, 2.24) is 4.90 Å². The number of benzodiazepines with no additional fused rings is 1. The van der Waals surface area contributed by atoms with Crippen LogP contribution in [-0.4, -0.2) is 41.8 Å². The number of hydrogen-bond acceptors (Lipinski definition) is 3. The number of nitrogens with zero attached hydrogens (tertiary/aromatic N) is 3. The van der Waals surface area contributed by atoms with E-state index in [1.54, 1.807) is 4.90 Å². The molecular formula is C22H26ClN3O. The van der Waals surface area contributed by atoms with Gasteiger partial charge in [-0.15, -0.1) is 0 Å². The molecule has 2 aromatic carbocycles. The molecule has 0 N–H and O–H groups in total. The summed E-state index contributed by atoms with van der Waals surface area (Å²) in [6, 6.07) is 15.9. The fourth-order valence-corrected chi connectivity index (χ4v) is 3.88. The first kappa shape index (κ1) is 19.6. The standard InChI is InChI=1S/C22H26ClN3O/c1-14(2)26(15(3)4)21-22(27)25(5)19-12-11-17(23)13-18(19)20(24-21)16-9-7-6-8-10-16/h6-15,21H,1-5H3/t21-/m0/s1. The van der Waals surface area contributed by atoms with E-state index in [9.17, 15) is 4.79 Å². The molecule has 142 valence electrons. The Morgan fingerprint density at radius 1 is 1.04 bits per heavy atom. The minimum Gasteiger partial charge on any atom is -0.312 e. The molecule has 0 aliphatic carbocycles. The fraction of sp³-hybridized carbons (Fsp3) is 0.364. The molecule has 3 rings (SSSR count). The van der Waals surface area contributed by atoms with Gasteiger partial charge in [0, 0.05) is 35.3 Å². The number of anilines is 1. The zero-order valence-electron chi connectivity index (χ0n) is 16.5. The first-order chi connectivity index (χ1) is 12.8. The largest absolute Gasteiger partial charge is 0.312 e. The Labute approximate surface area is 166 Å². The van der Waals surface area contributed by atoms with Gasteiger partial charge in [0.1, 0.15) is 0 Å². The molecule has 1 amide bonds. The number of hydrogen-bond donors (Lipinski definition) is 0. The number of carbonyl (C=O) groups excluding carboxylic acids is 1. The molecule has 0 saturated heterocycles. The Morgan fingerprint density at radius 2 is 1.67 bits per heavy atom. The Kier molecular flexibility index (Phi) is 5.68. The van der Waals surface area contributed by atoms with Crippen molar-refractivity contribution >= 4 is 28.9 Å². The molecule has 0 spiro atoms. The number of fused-ring (bicyclic) bond motifs is 1. The zero-order valence-corrected chi connectivity index (χ0v) is 17.2. The minimum atomic E-state index is -0.587. The summed E-state index contributed by atoms with van der Waals surface area (Å²) in [5, 5.41) is 0.626. The molecule has 0 saturated carbocycles. The smallest absolute Gasteiger partial charge is 0.266 e. The summed E-state index contributed by atoms with van der Waals surface area (Å²) in [6.07, 6.45) is -0.587. The molecule has 5 heteroatoms. The average Bonchev–Trinajstić information content (AvgIpc) is 2.72. The molecular weight excluding hydrogens is 358 g/mol. The normalized spacial score (nSPS) is 17.4. The zero-order chi connectivity index (χ0) is 19.7. The lowest BCUT2D eigenvalue weighted by Gasteiger charge is -2.36. The Bertz CT molecular complexity index is 853. The molecule has 1 atom stereocenters. The minimum absolute atomic E-state index is 0.0353. The fourth-order valence-electron chi connectivity index (χ4n) is 3.71. The van der Waals surface area contributed by atoms with Gasteiger partial charge in [-0.3, -0.25) is 14.7 Å². The van der Waals surface area contributed by atoms with Crippen molar-refractivity contribution in [2.75, 3.05) is 11.9 Å². The van der Waals surface area contributed by atoms with Gasteiger partial charge in [-0.05, 0) is 45.9 Å². The van der Waals surface area contributed by atoms with Gasteiger partial charge < -0.3 is 4.90 Å². The van der Waals surface area contributed by atoms with E-state index in [0.29, 0.717) is 5.02 Å². The Morgan fingerprint density at radius 3 is 2.26 bits per heavy atom. The van der Waals surface area contributed by atoms with Crippen molar-refractivity contribution in [3.8, 4) is 0 Å².